The number of ether oxygens (including phenoxy) is 1. The Labute approximate surface area is 194 Å². The minimum absolute atomic E-state index is 0.0583. The number of phenols is 1. The highest BCUT2D eigenvalue weighted by atomic mass is 32.1. The summed E-state index contributed by atoms with van der Waals surface area (Å²) in [5, 5.41) is 22.7. The molecule has 2 heterocycles. The van der Waals surface area contributed by atoms with Crippen molar-refractivity contribution in [1.82, 2.24) is 9.97 Å². The fourth-order valence-electron chi connectivity index (χ4n) is 3.93. The fourth-order valence-corrected chi connectivity index (χ4v) is 4.79. The molecule has 0 aliphatic rings. The number of benzene rings is 3. The topological polar surface area (TPSA) is 95.4 Å². The minimum Gasteiger partial charge on any atom is -0.507 e. The number of carboxylic acid groups (broad SMARTS) is 1. The number of thiophene rings is 1. The van der Waals surface area contributed by atoms with E-state index in [1.165, 1.54) is 11.6 Å². The van der Waals surface area contributed by atoms with Crippen molar-refractivity contribution >= 4 is 39.3 Å². The maximum atomic E-state index is 10.8. The quantitative estimate of drug-likeness (QED) is 0.197. The summed E-state index contributed by atoms with van der Waals surface area (Å²) in [7, 11) is 0. The molecule has 5 rings (SSSR count). The number of hydrogen-bond donors (Lipinski definition) is 3. The molecule has 0 bridgehead atoms. The zero-order chi connectivity index (χ0) is 23.3. The molecule has 2 aromatic heterocycles. The first-order chi connectivity index (χ1) is 15.7. The number of nitrogens with one attached hydrogen (secondary N) is 1. The number of hydrogen-bond acceptors (Lipinski definition) is 5. The minimum atomic E-state index is -1.43. The molecule has 33 heavy (non-hydrogen) atoms. The van der Waals surface area contributed by atoms with Crippen LogP contribution in [0.15, 0.2) is 60.0 Å². The van der Waals surface area contributed by atoms with Crippen LogP contribution >= 0.6 is 11.3 Å². The van der Waals surface area contributed by atoms with Gasteiger partial charge in [0.2, 0.25) is 0 Å². The van der Waals surface area contributed by atoms with E-state index in [0.29, 0.717) is 22.1 Å². The zero-order valence-corrected chi connectivity index (χ0v) is 19.2. The van der Waals surface area contributed by atoms with Crippen LogP contribution in [0.2, 0.25) is 0 Å². The number of aromatic amines is 1. The highest BCUT2D eigenvalue weighted by Crippen LogP contribution is 2.38. The van der Waals surface area contributed by atoms with Gasteiger partial charge in [-0.25, -0.2) is 9.78 Å². The van der Waals surface area contributed by atoms with Crippen LogP contribution in [-0.4, -0.2) is 26.3 Å². The molecule has 166 valence electrons. The van der Waals surface area contributed by atoms with Crippen molar-refractivity contribution in [2.24, 2.45) is 0 Å². The standard InChI is InChI=1S/C26H22N2O4S/c1-26(2,3)17-7-4-14(5-8-17)16-11-21(33-13-16)24-27-19-9-6-15-10-18(32-25(30)31)12-20(29)22(15)23(19)28-24/h4-13,29H,1-3H3,(H,27,28)(H,30,31). The summed E-state index contributed by atoms with van der Waals surface area (Å²) in [5.74, 6) is 0.687. The van der Waals surface area contributed by atoms with Crippen molar-refractivity contribution in [3.63, 3.8) is 0 Å². The Morgan fingerprint density at radius 3 is 2.48 bits per heavy atom. The number of nitrogens with zero attached hydrogens (tertiary/aromatic N) is 1. The number of aromatic nitrogens is 2. The monoisotopic (exact) mass is 458 g/mol. The average Bonchev–Trinajstić information content (AvgIpc) is 3.39. The molecule has 0 radical (unpaired) electrons. The maximum absolute atomic E-state index is 10.8. The van der Waals surface area contributed by atoms with Gasteiger partial charge in [0.1, 0.15) is 22.8 Å². The van der Waals surface area contributed by atoms with Gasteiger partial charge in [0, 0.05) is 6.07 Å². The second kappa shape index (κ2) is 7.64. The van der Waals surface area contributed by atoms with E-state index in [2.05, 4.69) is 61.5 Å². The van der Waals surface area contributed by atoms with Crippen LogP contribution < -0.4 is 4.74 Å². The summed E-state index contributed by atoms with van der Waals surface area (Å²) in [5.41, 5.74) is 5.08. The number of H-pyrrole nitrogens is 1. The molecule has 5 aromatic rings. The second-order valence-corrected chi connectivity index (χ2v) is 9.89. The van der Waals surface area contributed by atoms with E-state index in [-0.39, 0.29) is 16.9 Å². The van der Waals surface area contributed by atoms with Gasteiger partial charge in [0.05, 0.1) is 15.8 Å². The van der Waals surface area contributed by atoms with Crippen LogP contribution in [0.4, 0.5) is 4.79 Å². The number of phenolic OH excluding ortho intramolecular Hbond substituents is 1. The third-order valence-electron chi connectivity index (χ3n) is 5.64. The van der Waals surface area contributed by atoms with Crippen molar-refractivity contribution < 1.29 is 19.7 Å². The van der Waals surface area contributed by atoms with Gasteiger partial charge >= 0.3 is 6.16 Å². The molecule has 0 aliphatic carbocycles. The summed E-state index contributed by atoms with van der Waals surface area (Å²) in [6, 6.07) is 17.3. The smallest absolute Gasteiger partial charge is 0.507 e. The highest BCUT2D eigenvalue weighted by molar-refractivity contribution is 7.13. The Bertz CT molecular complexity index is 1510. The number of rotatable bonds is 3. The Hall–Kier alpha value is -3.84. The van der Waals surface area contributed by atoms with Gasteiger partial charge in [-0.15, -0.1) is 11.3 Å². The molecule has 3 aromatic carbocycles. The predicted molar refractivity (Wildman–Crippen MR) is 131 cm³/mol. The van der Waals surface area contributed by atoms with Crippen LogP contribution in [0.3, 0.4) is 0 Å². The van der Waals surface area contributed by atoms with Crippen LogP contribution in [0.5, 0.6) is 11.5 Å². The van der Waals surface area contributed by atoms with Gasteiger partial charge < -0.3 is 19.9 Å². The molecule has 0 unspecified atom stereocenters. The largest absolute Gasteiger partial charge is 0.511 e. The molecule has 0 spiro atoms. The van der Waals surface area contributed by atoms with E-state index < -0.39 is 6.16 Å². The van der Waals surface area contributed by atoms with Gasteiger partial charge in [-0.3, -0.25) is 0 Å². The van der Waals surface area contributed by atoms with Crippen molar-refractivity contribution in [3.8, 4) is 33.3 Å². The summed E-state index contributed by atoms with van der Waals surface area (Å²) in [4.78, 5) is 19.9. The third-order valence-corrected chi connectivity index (χ3v) is 6.58. The fraction of sp³-hybridized carbons (Fsp3) is 0.154. The molecule has 0 saturated carbocycles. The van der Waals surface area contributed by atoms with Gasteiger partial charge in [-0.05, 0) is 51.1 Å². The van der Waals surface area contributed by atoms with Crippen LogP contribution in [0.1, 0.15) is 26.3 Å². The predicted octanol–water partition coefficient (Wildman–Crippen LogP) is 7.17. The lowest BCUT2D eigenvalue weighted by molar-refractivity contribution is 0.144. The SMILES string of the molecule is CC(C)(C)c1ccc(-c2csc(-c3nc4c(ccc5cc(OC(=O)O)cc(O)c54)[nH]3)c2)cc1. The first-order valence-corrected chi connectivity index (χ1v) is 11.3. The van der Waals surface area contributed by atoms with Crippen LogP contribution in [0.25, 0.3) is 43.6 Å². The van der Waals surface area contributed by atoms with Crippen molar-refractivity contribution in [3.05, 3.63) is 65.5 Å². The van der Waals surface area contributed by atoms with Gasteiger partial charge in [-0.1, -0.05) is 51.1 Å². The molecule has 7 heteroatoms. The average molecular weight is 459 g/mol. The molecular formula is C26H22N2O4S. The van der Waals surface area contributed by atoms with E-state index in [1.807, 2.05) is 6.07 Å². The number of imidazole rings is 1. The Kier molecular flexibility index (Phi) is 4.87. The van der Waals surface area contributed by atoms with E-state index >= 15 is 0 Å². The zero-order valence-electron chi connectivity index (χ0n) is 18.3. The van der Waals surface area contributed by atoms with Crippen molar-refractivity contribution in [2.45, 2.75) is 26.2 Å². The number of fused-ring (bicyclic) bond motifs is 3. The summed E-state index contributed by atoms with van der Waals surface area (Å²) < 4.78 is 4.69. The molecule has 0 aliphatic heterocycles. The van der Waals surface area contributed by atoms with E-state index in [9.17, 15) is 9.90 Å². The normalized spacial score (nSPS) is 11.8. The lowest BCUT2D eigenvalue weighted by Gasteiger charge is -2.19. The molecule has 6 nitrogen and oxygen atoms in total. The van der Waals surface area contributed by atoms with Crippen LogP contribution in [-0.2, 0) is 5.41 Å². The van der Waals surface area contributed by atoms with E-state index in [4.69, 9.17) is 14.8 Å². The third kappa shape index (κ3) is 3.91. The lowest BCUT2D eigenvalue weighted by Crippen LogP contribution is -2.10. The first-order valence-electron chi connectivity index (χ1n) is 10.4. The van der Waals surface area contributed by atoms with Crippen molar-refractivity contribution in [2.75, 3.05) is 0 Å². The molecule has 0 saturated heterocycles. The summed E-state index contributed by atoms with van der Waals surface area (Å²) in [6.45, 7) is 6.61. The number of aromatic hydroxyl groups is 1. The first kappa shape index (κ1) is 21.0. The lowest BCUT2D eigenvalue weighted by atomic mass is 9.86. The number of carbonyl (C=O) groups is 1. The molecule has 0 amide bonds. The maximum Gasteiger partial charge on any atom is 0.511 e. The summed E-state index contributed by atoms with van der Waals surface area (Å²) >= 11 is 1.60. The van der Waals surface area contributed by atoms with Gasteiger partial charge in [0.25, 0.3) is 0 Å². The molecular weight excluding hydrogens is 436 g/mol. The summed E-state index contributed by atoms with van der Waals surface area (Å²) in [6.07, 6.45) is -1.43. The highest BCUT2D eigenvalue weighted by Gasteiger charge is 2.16. The van der Waals surface area contributed by atoms with Crippen molar-refractivity contribution in [1.29, 1.82) is 0 Å². The second-order valence-electron chi connectivity index (χ2n) is 8.98. The molecule has 0 fully saturated rings. The van der Waals surface area contributed by atoms with Gasteiger partial charge in [-0.2, -0.15) is 0 Å². The Morgan fingerprint density at radius 2 is 1.79 bits per heavy atom. The van der Waals surface area contributed by atoms with Gasteiger partial charge in [0.15, 0.2) is 0 Å². The van der Waals surface area contributed by atoms with E-state index in [0.717, 1.165) is 21.5 Å². The molecule has 0 atom stereocenters. The van der Waals surface area contributed by atoms with E-state index in [1.54, 1.807) is 23.5 Å². The Morgan fingerprint density at radius 1 is 1.03 bits per heavy atom. The molecule has 3 N–H and O–H groups in total. The Balaban J connectivity index is 1.53. The van der Waals surface area contributed by atoms with Crippen LogP contribution in [0, 0.1) is 0 Å².